The van der Waals surface area contributed by atoms with Crippen molar-refractivity contribution in [1.82, 2.24) is 0 Å². The van der Waals surface area contributed by atoms with Crippen LogP contribution in [0.25, 0.3) is 0 Å². The highest BCUT2D eigenvalue weighted by Gasteiger charge is 2.28. The second-order valence-electron chi connectivity index (χ2n) is 4.07. The molecule has 0 saturated carbocycles. The summed E-state index contributed by atoms with van der Waals surface area (Å²) in [6.07, 6.45) is -6.07. The van der Waals surface area contributed by atoms with Crippen molar-refractivity contribution >= 4 is 0 Å². The van der Waals surface area contributed by atoms with Crippen LogP contribution in [0, 0.1) is 5.82 Å². The van der Waals surface area contributed by atoms with Crippen molar-refractivity contribution in [1.29, 1.82) is 0 Å². The quantitative estimate of drug-likeness (QED) is 0.830. The third kappa shape index (κ3) is 5.01. The van der Waals surface area contributed by atoms with Gasteiger partial charge in [-0.3, -0.25) is 0 Å². The lowest BCUT2D eigenvalue weighted by molar-refractivity contribution is -0.150. The fourth-order valence-electron chi connectivity index (χ4n) is 1.54. The molecule has 2 nitrogen and oxygen atoms in total. The molecule has 2 atom stereocenters. The third-order valence-corrected chi connectivity index (χ3v) is 2.34. The molecule has 0 amide bonds. The average Bonchev–Trinajstić information content (AvgIpc) is 2.22. The van der Waals surface area contributed by atoms with Crippen LogP contribution in [-0.2, 0) is 4.74 Å². The molecule has 0 bridgehead atoms. The van der Waals surface area contributed by atoms with Crippen LogP contribution in [-0.4, -0.2) is 18.8 Å². The molecule has 0 aliphatic heterocycles. The molecule has 1 aromatic carbocycles. The fourth-order valence-corrected chi connectivity index (χ4v) is 1.54. The van der Waals surface area contributed by atoms with E-state index in [0.717, 1.165) is 0 Å². The first-order valence-corrected chi connectivity index (χ1v) is 5.49. The number of benzene rings is 1. The molecule has 0 aliphatic rings. The highest BCUT2D eigenvalue weighted by Crippen LogP contribution is 2.24. The minimum absolute atomic E-state index is 0.437. The molecule has 0 spiro atoms. The van der Waals surface area contributed by atoms with E-state index in [-0.39, 0.29) is 0 Å². The Morgan fingerprint density at radius 3 is 2.50 bits per heavy atom. The molecule has 1 rings (SSSR count). The molecular weight excluding hydrogens is 250 g/mol. The van der Waals surface area contributed by atoms with Crippen LogP contribution >= 0.6 is 0 Å². The topological polar surface area (TPSA) is 35.2 Å². The normalized spacial score (nSPS) is 15.4. The smallest absolute Gasteiger partial charge is 0.372 e. The van der Waals surface area contributed by atoms with Crippen LogP contribution in [0.3, 0.4) is 0 Å². The van der Waals surface area contributed by atoms with E-state index in [4.69, 9.17) is 10.5 Å². The SMILES string of the molecule is CC(N)C(OCCC(F)(F)F)c1cccc(F)c1. The van der Waals surface area contributed by atoms with Crippen molar-refractivity contribution in [2.24, 2.45) is 5.73 Å². The first-order valence-electron chi connectivity index (χ1n) is 5.49. The van der Waals surface area contributed by atoms with Crippen LogP contribution in [0.5, 0.6) is 0 Å². The number of hydrogen-bond donors (Lipinski definition) is 1. The van der Waals surface area contributed by atoms with Crippen molar-refractivity contribution in [3.8, 4) is 0 Å². The van der Waals surface area contributed by atoms with E-state index in [1.165, 1.54) is 18.2 Å². The van der Waals surface area contributed by atoms with Gasteiger partial charge in [0, 0.05) is 6.04 Å². The van der Waals surface area contributed by atoms with E-state index in [2.05, 4.69) is 0 Å². The van der Waals surface area contributed by atoms with Gasteiger partial charge in [-0.1, -0.05) is 12.1 Å². The number of hydrogen-bond acceptors (Lipinski definition) is 2. The molecule has 18 heavy (non-hydrogen) atoms. The highest BCUT2D eigenvalue weighted by molar-refractivity contribution is 5.20. The highest BCUT2D eigenvalue weighted by atomic mass is 19.4. The molecule has 0 radical (unpaired) electrons. The molecule has 0 aliphatic carbocycles. The molecule has 102 valence electrons. The first-order chi connectivity index (χ1) is 8.29. The summed E-state index contributed by atoms with van der Waals surface area (Å²) in [7, 11) is 0. The minimum Gasteiger partial charge on any atom is -0.372 e. The first kappa shape index (κ1) is 14.9. The number of nitrogens with two attached hydrogens (primary N) is 1. The Kier molecular flexibility index (Phi) is 5.10. The molecule has 1 aromatic rings. The predicted molar refractivity (Wildman–Crippen MR) is 59.4 cm³/mol. The summed E-state index contributed by atoms with van der Waals surface area (Å²) in [5.74, 6) is -0.474. The van der Waals surface area contributed by atoms with Gasteiger partial charge in [0.1, 0.15) is 5.82 Å². The molecule has 0 fully saturated rings. The standard InChI is InChI=1S/C12H15F4NO/c1-8(17)11(18-6-5-12(14,15)16)9-3-2-4-10(13)7-9/h2-4,7-8,11H,5-6,17H2,1H3. The van der Waals surface area contributed by atoms with E-state index < -0.39 is 37.2 Å². The van der Waals surface area contributed by atoms with E-state index in [1.807, 2.05) is 0 Å². The van der Waals surface area contributed by atoms with E-state index >= 15 is 0 Å². The summed E-state index contributed by atoms with van der Waals surface area (Å²) >= 11 is 0. The average molecular weight is 265 g/mol. The number of ether oxygens (including phenoxy) is 1. The maximum Gasteiger partial charge on any atom is 0.391 e. The van der Waals surface area contributed by atoms with Crippen LogP contribution in [0.4, 0.5) is 17.6 Å². The van der Waals surface area contributed by atoms with Gasteiger partial charge in [0.15, 0.2) is 0 Å². The van der Waals surface area contributed by atoms with Crippen molar-refractivity contribution < 1.29 is 22.3 Å². The molecule has 2 N–H and O–H groups in total. The zero-order valence-corrected chi connectivity index (χ0v) is 9.88. The molecule has 0 heterocycles. The van der Waals surface area contributed by atoms with E-state index in [0.29, 0.717) is 5.56 Å². The Hall–Kier alpha value is -1.14. The molecular formula is C12H15F4NO. The van der Waals surface area contributed by atoms with Crippen molar-refractivity contribution in [3.05, 3.63) is 35.6 Å². The lowest BCUT2D eigenvalue weighted by atomic mass is 10.0. The summed E-state index contributed by atoms with van der Waals surface area (Å²) < 4.78 is 54.1. The van der Waals surface area contributed by atoms with E-state index in [1.54, 1.807) is 13.0 Å². The van der Waals surface area contributed by atoms with Gasteiger partial charge < -0.3 is 10.5 Å². The molecule has 2 unspecified atom stereocenters. The Balaban J connectivity index is 2.66. The van der Waals surface area contributed by atoms with Gasteiger partial charge in [-0.25, -0.2) is 4.39 Å². The number of halogens is 4. The third-order valence-electron chi connectivity index (χ3n) is 2.34. The van der Waals surface area contributed by atoms with Gasteiger partial charge in [0.05, 0.1) is 19.1 Å². The monoisotopic (exact) mass is 265 g/mol. The Morgan fingerprint density at radius 1 is 1.33 bits per heavy atom. The molecule has 6 heteroatoms. The maximum absolute atomic E-state index is 13.0. The lowest BCUT2D eigenvalue weighted by Crippen LogP contribution is -2.28. The summed E-state index contributed by atoms with van der Waals surface area (Å²) in [6.45, 7) is 1.11. The number of rotatable bonds is 5. The Morgan fingerprint density at radius 2 is 2.00 bits per heavy atom. The molecule has 0 aromatic heterocycles. The van der Waals surface area contributed by atoms with Crippen LogP contribution in [0.2, 0.25) is 0 Å². The zero-order valence-electron chi connectivity index (χ0n) is 9.88. The predicted octanol–water partition coefficient (Wildman–Crippen LogP) is 3.18. The Bertz CT molecular complexity index is 379. The van der Waals surface area contributed by atoms with Crippen molar-refractivity contribution in [2.45, 2.75) is 31.7 Å². The fraction of sp³-hybridized carbons (Fsp3) is 0.500. The van der Waals surface area contributed by atoms with Crippen LogP contribution < -0.4 is 5.73 Å². The summed E-state index contributed by atoms with van der Waals surface area (Å²) in [6, 6.07) is 4.97. The maximum atomic E-state index is 13.0. The Labute approximate surface area is 103 Å². The largest absolute Gasteiger partial charge is 0.391 e. The van der Waals surface area contributed by atoms with Gasteiger partial charge in [-0.2, -0.15) is 13.2 Å². The minimum atomic E-state index is -4.27. The van der Waals surface area contributed by atoms with Crippen molar-refractivity contribution in [3.63, 3.8) is 0 Å². The molecule has 0 saturated heterocycles. The number of alkyl halides is 3. The second-order valence-corrected chi connectivity index (χ2v) is 4.07. The summed E-state index contributed by atoms with van der Waals surface area (Å²) in [4.78, 5) is 0. The van der Waals surface area contributed by atoms with Gasteiger partial charge >= 0.3 is 6.18 Å². The zero-order chi connectivity index (χ0) is 13.8. The van der Waals surface area contributed by atoms with Gasteiger partial charge in [0.25, 0.3) is 0 Å². The van der Waals surface area contributed by atoms with Crippen LogP contribution in [0.1, 0.15) is 25.0 Å². The van der Waals surface area contributed by atoms with Gasteiger partial charge in [0.2, 0.25) is 0 Å². The lowest BCUT2D eigenvalue weighted by Gasteiger charge is -2.22. The van der Waals surface area contributed by atoms with Crippen LogP contribution in [0.15, 0.2) is 24.3 Å². The van der Waals surface area contributed by atoms with Gasteiger partial charge in [-0.05, 0) is 24.6 Å². The van der Waals surface area contributed by atoms with Gasteiger partial charge in [-0.15, -0.1) is 0 Å². The van der Waals surface area contributed by atoms with Crippen molar-refractivity contribution in [2.75, 3.05) is 6.61 Å². The second kappa shape index (κ2) is 6.15. The summed E-state index contributed by atoms with van der Waals surface area (Å²) in [5.41, 5.74) is 6.08. The summed E-state index contributed by atoms with van der Waals surface area (Å²) in [5, 5.41) is 0. The van der Waals surface area contributed by atoms with E-state index in [9.17, 15) is 17.6 Å².